The quantitative estimate of drug-likeness (QED) is 0.112. The molecule has 0 bridgehead atoms. The van der Waals surface area contributed by atoms with Crippen molar-refractivity contribution in [1.82, 2.24) is 5.43 Å². The molecule has 4 aromatic carbocycles. The number of halogens is 2. The van der Waals surface area contributed by atoms with Crippen molar-refractivity contribution in [2.75, 3.05) is 0 Å². The van der Waals surface area contributed by atoms with Crippen molar-refractivity contribution in [3.63, 3.8) is 0 Å². The number of carbonyl (C=O) groups is 2. The lowest BCUT2D eigenvalue weighted by Gasteiger charge is -2.07. The molecule has 0 aliphatic heterocycles. The second kappa shape index (κ2) is 12.2. The molecular weight excluding hydrogens is 544 g/mol. The Labute approximate surface area is 221 Å². The van der Waals surface area contributed by atoms with Gasteiger partial charge in [0.25, 0.3) is 5.91 Å². The molecule has 0 atom stereocenters. The summed E-state index contributed by atoms with van der Waals surface area (Å²) in [6.07, 6.45) is 1.50. The number of esters is 1. The molecule has 1 N–H and O–H groups in total. The number of nitrogens with zero attached hydrogens (tertiary/aromatic N) is 1. The number of benzene rings is 4. The number of hydrogen-bond donors (Lipinski definition) is 1. The van der Waals surface area contributed by atoms with Crippen molar-refractivity contribution >= 4 is 45.6 Å². The number of rotatable bonds is 8. The Balaban J connectivity index is 1.25. The summed E-state index contributed by atoms with van der Waals surface area (Å²) >= 11 is 9.22. The van der Waals surface area contributed by atoms with Gasteiger partial charge >= 0.3 is 5.97 Å². The molecule has 4 aromatic rings. The van der Waals surface area contributed by atoms with Crippen LogP contribution in [0.5, 0.6) is 11.5 Å². The molecule has 0 aliphatic rings. The van der Waals surface area contributed by atoms with E-state index in [2.05, 4.69) is 26.5 Å². The third-order valence-electron chi connectivity index (χ3n) is 4.97. The Bertz CT molecular complexity index is 1370. The lowest BCUT2D eigenvalue weighted by atomic mass is 10.2. The van der Waals surface area contributed by atoms with Crippen molar-refractivity contribution in [3.8, 4) is 11.5 Å². The van der Waals surface area contributed by atoms with Gasteiger partial charge in [-0.25, -0.2) is 10.2 Å². The SMILES string of the molecule is O=C(N/N=C/c1ccc(OC(=O)c2cccc(Br)c2)cc1)c1ccc(OCc2ccc(Cl)cc2)cc1. The molecule has 1 amide bonds. The summed E-state index contributed by atoms with van der Waals surface area (Å²) in [6.45, 7) is 0.398. The average Bonchev–Trinajstić information content (AvgIpc) is 2.89. The highest BCUT2D eigenvalue weighted by Gasteiger charge is 2.09. The first-order valence-corrected chi connectivity index (χ1v) is 12.0. The zero-order valence-corrected chi connectivity index (χ0v) is 21.2. The van der Waals surface area contributed by atoms with Gasteiger partial charge in [0.1, 0.15) is 18.1 Å². The Hall–Kier alpha value is -3.94. The first-order chi connectivity index (χ1) is 17.5. The highest BCUT2D eigenvalue weighted by atomic mass is 79.9. The Morgan fingerprint density at radius 3 is 2.25 bits per heavy atom. The number of amides is 1. The summed E-state index contributed by atoms with van der Waals surface area (Å²) in [7, 11) is 0. The van der Waals surface area contributed by atoms with Crippen molar-refractivity contribution in [2.24, 2.45) is 5.10 Å². The van der Waals surface area contributed by atoms with Crippen LogP contribution in [0.3, 0.4) is 0 Å². The lowest BCUT2D eigenvalue weighted by Crippen LogP contribution is -2.17. The zero-order valence-electron chi connectivity index (χ0n) is 18.9. The summed E-state index contributed by atoms with van der Waals surface area (Å²) in [5, 5.41) is 4.66. The van der Waals surface area contributed by atoms with E-state index in [9.17, 15) is 9.59 Å². The summed E-state index contributed by atoms with van der Waals surface area (Å²) in [5.74, 6) is 0.242. The standard InChI is InChI=1S/C28H20BrClN2O4/c29-23-3-1-2-22(16-23)28(34)36-26-12-6-19(7-13-26)17-31-32-27(33)21-8-14-25(15-9-21)35-18-20-4-10-24(30)11-5-20/h1-17H,18H2,(H,32,33)/b31-17+. The third kappa shape index (κ3) is 7.28. The fraction of sp³-hybridized carbons (Fsp3) is 0.0357. The summed E-state index contributed by atoms with van der Waals surface area (Å²) in [6, 6.07) is 27.9. The zero-order chi connectivity index (χ0) is 25.3. The first kappa shape index (κ1) is 25.2. The van der Waals surface area contributed by atoms with E-state index in [0.29, 0.717) is 34.3 Å². The van der Waals surface area contributed by atoms with Crippen LogP contribution in [0.25, 0.3) is 0 Å². The summed E-state index contributed by atoms with van der Waals surface area (Å²) < 4.78 is 11.9. The summed E-state index contributed by atoms with van der Waals surface area (Å²) in [4.78, 5) is 24.6. The smallest absolute Gasteiger partial charge is 0.343 e. The molecule has 0 saturated carbocycles. The molecule has 180 valence electrons. The number of ether oxygens (including phenoxy) is 2. The van der Waals surface area contributed by atoms with Gasteiger partial charge in [0, 0.05) is 15.1 Å². The van der Waals surface area contributed by atoms with E-state index in [1.165, 1.54) is 6.21 Å². The van der Waals surface area contributed by atoms with Gasteiger partial charge in [-0.15, -0.1) is 0 Å². The van der Waals surface area contributed by atoms with Gasteiger partial charge < -0.3 is 9.47 Å². The maximum absolute atomic E-state index is 12.4. The predicted molar refractivity (Wildman–Crippen MR) is 143 cm³/mol. The number of hydrogen-bond acceptors (Lipinski definition) is 5. The topological polar surface area (TPSA) is 77.0 Å². The van der Waals surface area contributed by atoms with Gasteiger partial charge in [-0.2, -0.15) is 5.10 Å². The van der Waals surface area contributed by atoms with E-state index in [4.69, 9.17) is 21.1 Å². The van der Waals surface area contributed by atoms with Crippen LogP contribution >= 0.6 is 27.5 Å². The Morgan fingerprint density at radius 1 is 0.861 bits per heavy atom. The maximum atomic E-state index is 12.4. The second-order valence-electron chi connectivity index (χ2n) is 7.61. The molecule has 0 heterocycles. The lowest BCUT2D eigenvalue weighted by molar-refractivity contribution is 0.0734. The second-order valence-corrected chi connectivity index (χ2v) is 8.96. The average molecular weight is 564 g/mol. The highest BCUT2D eigenvalue weighted by Crippen LogP contribution is 2.17. The van der Waals surface area contributed by atoms with E-state index in [1.807, 2.05) is 30.3 Å². The fourth-order valence-corrected chi connectivity index (χ4v) is 3.61. The largest absolute Gasteiger partial charge is 0.489 e. The van der Waals surface area contributed by atoms with Crippen LogP contribution in [0, 0.1) is 0 Å². The number of hydrazone groups is 1. The number of carbonyl (C=O) groups excluding carboxylic acids is 2. The Kier molecular flexibility index (Phi) is 8.49. The van der Waals surface area contributed by atoms with Crippen molar-refractivity contribution < 1.29 is 19.1 Å². The van der Waals surface area contributed by atoms with Crippen molar-refractivity contribution in [1.29, 1.82) is 0 Å². The van der Waals surface area contributed by atoms with Gasteiger partial charge in [0.15, 0.2) is 0 Å². The van der Waals surface area contributed by atoms with Crippen LogP contribution in [0.1, 0.15) is 31.8 Å². The van der Waals surface area contributed by atoms with Crippen molar-refractivity contribution in [2.45, 2.75) is 6.61 Å². The van der Waals surface area contributed by atoms with Crippen LogP contribution in [0.15, 0.2) is 107 Å². The van der Waals surface area contributed by atoms with E-state index in [-0.39, 0.29) is 5.91 Å². The van der Waals surface area contributed by atoms with Crippen LogP contribution in [0.2, 0.25) is 5.02 Å². The highest BCUT2D eigenvalue weighted by molar-refractivity contribution is 9.10. The molecule has 0 aliphatic carbocycles. The normalized spacial score (nSPS) is 10.7. The van der Waals surface area contributed by atoms with Gasteiger partial charge in [-0.05, 0) is 90.0 Å². The molecule has 0 radical (unpaired) electrons. The minimum absolute atomic E-state index is 0.352. The molecule has 0 unspecified atom stereocenters. The van der Waals surface area contributed by atoms with E-state index in [1.54, 1.807) is 66.7 Å². The van der Waals surface area contributed by atoms with Crippen molar-refractivity contribution in [3.05, 3.63) is 129 Å². The molecule has 6 nitrogen and oxygen atoms in total. The van der Waals surface area contributed by atoms with Crippen LogP contribution in [-0.2, 0) is 6.61 Å². The minimum Gasteiger partial charge on any atom is -0.489 e. The Morgan fingerprint density at radius 2 is 1.56 bits per heavy atom. The van der Waals surface area contributed by atoms with Gasteiger partial charge in [-0.1, -0.05) is 45.7 Å². The van der Waals surface area contributed by atoms with Crippen LogP contribution < -0.4 is 14.9 Å². The first-order valence-electron chi connectivity index (χ1n) is 10.8. The van der Waals surface area contributed by atoms with Gasteiger partial charge in [0.05, 0.1) is 11.8 Å². The summed E-state index contributed by atoms with van der Waals surface area (Å²) in [5.41, 5.74) is 5.10. The van der Waals surface area contributed by atoms with E-state index < -0.39 is 5.97 Å². The molecule has 4 rings (SSSR count). The predicted octanol–water partition coefficient (Wildman–Crippen LogP) is 6.66. The third-order valence-corrected chi connectivity index (χ3v) is 5.71. The molecule has 0 saturated heterocycles. The molecule has 8 heteroatoms. The van der Waals surface area contributed by atoms with Crippen LogP contribution in [0.4, 0.5) is 0 Å². The molecule has 0 aromatic heterocycles. The van der Waals surface area contributed by atoms with E-state index in [0.717, 1.165) is 15.6 Å². The maximum Gasteiger partial charge on any atom is 0.343 e. The van der Waals surface area contributed by atoms with Gasteiger partial charge in [-0.3, -0.25) is 4.79 Å². The molecule has 0 spiro atoms. The van der Waals surface area contributed by atoms with Crippen LogP contribution in [-0.4, -0.2) is 18.1 Å². The molecular formula is C28H20BrClN2O4. The van der Waals surface area contributed by atoms with E-state index >= 15 is 0 Å². The van der Waals surface area contributed by atoms with Gasteiger partial charge in [0.2, 0.25) is 0 Å². The minimum atomic E-state index is -0.452. The fourth-order valence-electron chi connectivity index (χ4n) is 3.08. The molecule has 36 heavy (non-hydrogen) atoms. The molecule has 0 fully saturated rings. The number of nitrogens with one attached hydrogen (secondary N) is 1. The monoisotopic (exact) mass is 562 g/mol.